The molecule has 3 fully saturated rings. The molecule has 0 aliphatic heterocycles. The molecule has 5 heteroatoms. The number of carbonyl (C=O) groups excluding carboxylic acids is 2. The van der Waals surface area contributed by atoms with Gasteiger partial charge in [0.25, 0.3) is 0 Å². The van der Waals surface area contributed by atoms with Crippen LogP contribution < -0.4 is 16.4 Å². The normalized spacial score (nSPS) is 33.4. The van der Waals surface area contributed by atoms with Crippen LogP contribution in [0.15, 0.2) is 0 Å². The molecule has 0 heterocycles. The third-order valence-corrected chi connectivity index (χ3v) is 6.78. The molecule has 3 aliphatic rings. The second kappa shape index (κ2) is 9.72. The first-order chi connectivity index (χ1) is 12.6. The second-order valence-electron chi connectivity index (χ2n) is 8.94. The molecule has 5 nitrogen and oxygen atoms in total. The van der Waals surface area contributed by atoms with Gasteiger partial charge in [0.2, 0.25) is 11.8 Å². The molecule has 0 aromatic rings. The van der Waals surface area contributed by atoms with E-state index in [1.54, 1.807) is 0 Å². The van der Waals surface area contributed by atoms with Crippen LogP contribution in [0, 0.1) is 11.8 Å². The lowest BCUT2D eigenvalue weighted by Gasteiger charge is -2.32. The summed E-state index contributed by atoms with van der Waals surface area (Å²) in [4.78, 5) is 24.8. The summed E-state index contributed by atoms with van der Waals surface area (Å²) in [6.07, 6.45) is 14.7. The molecule has 0 atom stereocenters. The molecule has 0 radical (unpaired) electrons. The molecular weight excluding hydrogens is 326 g/mol. The number of nitrogens with one attached hydrogen (secondary N) is 2. The number of carbonyl (C=O) groups is 2. The molecule has 0 bridgehead atoms. The van der Waals surface area contributed by atoms with E-state index in [0.717, 1.165) is 51.4 Å². The van der Waals surface area contributed by atoms with Crippen molar-refractivity contribution in [3.63, 3.8) is 0 Å². The first kappa shape index (κ1) is 19.7. The molecule has 148 valence electrons. The van der Waals surface area contributed by atoms with Gasteiger partial charge >= 0.3 is 0 Å². The van der Waals surface area contributed by atoms with Gasteiger partial charge in [-0.05, 0) is 70.1 Å². The minimum absolute atomic E-state index is 0.122. The summed E-state index contributed by atoms with van der Waals surface area (Å²) in [7, 11) is 0. The second-order valence-corrected chi connectivity index (χ2v) is 8.94. The van der Waals surface area contributed by atoms with Crippen molar-refractivity contribution in [2.24, 2.45) is 17.6 Å². The molecule has 2 amide bonds. The quantitative estimate of drug-likeness (QED) is 0.702. The van der Waals surface area contributed by atoms with Crippen LogP contribution in [-0.4, -0.2) is 29.9 Å². The highest BCUT2D eigenvalue weighted by atomic mass is 16.2. The summed E-state index contributed by atoms with van der Waals surface area (Å²) < 4.78 is 0. The van der Waals surface area contributed by atoms with E-state index in [4.69, 9.17) is 5.73 Å². The van der Waals surface area contributed by atoms with Crippen molar-refractivity contribution in [3.8, 4) is 0 Å². The van der Waals surface area contributed by atoms with Gasteiger partial charge in [-0.15, -0.1) is 0 Å². The van der Waals surface area contributed by atoms with E-state index >= 15 is 0 Å². The van der Waals surface area contributed by atoms with Gasteiger partial charge in [-0.3, -0.25) is 9.59 Å². The van der Waals surface area contributed by atoms with Crippen LogP contribution in [0.25, 0.3) is 0 Å². The molecular formula is C21H37N3O2. The minimum Gasteiger partial charge on any atom is -0.353 e. The molecule has 3 aliphatic carbocycles. The maximum atomic E-state index is 12.5. The predicted octanol–water partition coefficient (Wildman–Crippen LogP) is 3.02. The molecule has 26 heavy (non-hydrogen) atoms. The molecule has 0 aromatic heterocycles. The minimum atomic E-state index is 0.122. The van der Waals surface area contributed by atoms with E-state index < -0.39 is 0 Å². The van der Waals surface area contributed by atoms with Gasteiger partial charge in [0, 0.05) is 30.5 Å². The number of rotatable bonds is 5. The first-order valence-corrected chi connectivity index (χ1v) is 11.0. The topological polar surface area (TPSA) is 84.2 Å². The van der Waals surface area contributed by atoms with Crippen molar-refractivity contribution in [3.05, 3.63) is 0 Å². The lowest BCUT2D eigenvalue weighted by Crippen LogP contribution is -2.45. The van der Waals surface area contributed by atoms with Crippen LogP contribution in [0.2, 0.25) is 0 Å². The van der Waals surface area contributed by atoms with E-state index in [1.807, 2.05) is 0 Å². The molecule has 3 saturated carbocycles. The zero-order valence-electron chi connectivity index (χ0n) is 16.2. The van der Waals surface area contributed by atoms with E-state index in [-0.39, 0.29) is 23.8 Å². The zero-order chi connectivity index (χ0) is 18.4. The third kappa shape index (κ3) is 5.97. The van der Waals surface area contributed by atoms with Gasteiger partial charge < -0.3 is 16.4 Å². The van der Waals surface area contributed by atoms with Crippen molar-refractivity contribution in [1.82, 2.24) is 10.6 Å². The zero-order valence-corrected chi connectivity index (χ0v) is 16.2. The summed E-state index contributed by atoms with van der Waals surface area (Å²) >= 11 is 0. The van der Waals surface area contributed by atoms with Crippen molar-refractivity contribution in [1.29, 1.82) is 0 Å². The molecule has 0 saturated heterocycles. The highest BCUT2D eigenvalue weighted by molar-refractivity contribution is 5.79. The third-order valence-electron chi connectivity index (χ3n) is 6.78. The van der Waals surface area contributed by atoms with Gasteiger partial charge in [0.05, 0.1) is 0 Å². The molecule has 0 unspecified atom stereocenters. The molecule has 0 aromatic carbocycles. The average molecular weight is 364 g/mol. The largest absolute Gasteiger partial charge is 0.353 e. The molecule has 4 N–H and O–H groups in total. The maximum absolute atomic E-state index is 12.5. The summed E-state index contributed by atoms with van der Waals surface area (Å²) in [6, 6.07) is 0.897. The Labute approximate surface area is 158 Å². The Morgan fingerprint density at radius 3 is 1.96 bits per heavy atom. The number of hydrogen-bond acceptors (Lipinski definition) is 3. The van der Waals surface area contributed by atoms with Gasteiger partial charge in [-0.2, -0.15) is 0 Å². The van der Waals surface area contributed by atoms with Crippen LogP contribution in [0.4, 0.5) is 0 Å². The van der Waals surface area contributed by atoms with Crippen molar-refractivity contribution in [2.45, 2.75) is 108 Å². The van der Waals surface area contributed by atoms with Gasteiger partial charge in [0.1, 0.15) is 0 Å². The van der Waals surface area contributed by atoms with Gasteiger partial charge in [0.15, 0.2) is 0 Å². The van der Waals surface area contributed by atoms with Crippen LogP contribution in [0.5, 0.6) is 0 Å². The fourth-order valence-corrected chi connectivity index (χ4v) is 5.02. The Morgan fingerprint density at radius 1 is 0.731 bits per heavy atom. The van der Waals surface area contributed by atoms with Crippen molar-refractivity contribution < 1.29 is 9.59 Å². The summed E-state index contributed by atoms with van der Waals surface area (Å²) in [5.41, 5.74) is 5.94. The lowest BCUT2D eigenvalue weighted by atomic mass is 9.84. The predicted molar refractivity (Wildman–Crippen MR) is 103 cm³/mol. The summed E-state index contributed by atoms with van der Waals surface area (Å²) in [5, 5.41) is 6.46. The Balaban J connectivity index is 1.33. The van der Waals surface area contributed by atoms with E-state index in [0.29, 0.717) is 24.4 Å². The Bertz CT molecular complexity index is 460. The van der Waals surface area contributed by atoms with Crippen LogP contribution in [-0.2, 0) is 9.59 Å². The molecule has 3 rings (SSSR count). The SMILES string of the molecule is NC1CCC(NC(=O)C2CCC(NC(=O)CC3CCCCC3)CC2)CC1. The van der Waals surface area contributed by atoms with Crippen LogP contribution in [0.1, 0.15) is 89.9 Å². The van der Waals surface area contributed by atoms with Crippen molar-refractivity contribution >= 4 is 11.8 Å². The maximum Gasteiger partial charge on any atom is 0.223 e. The first-order valence-electron chi connectivity index (χ1n) is 11.0. The van der Waals surface area contributed by atoms with E-state index in [2.05, 4.69) is 10.6 Å². The van der Waals surface area contributed by atoms with Crippen LogP contribution in [0.3, 0.4) is 0 Å². The Hall–Kier alpha value is -1.10. The monoisotopic (exact) mass is 363 g/mol. The van der Waals surface area contributed by atoms with Crippen LogP contribution >= 0.6 is 0 Å². The fraction of sp³-hybridized carbons (Fsp3) is 0.905. The highest BCUT2D eigenvalue weighted by Gasteiger charge is 2.29. The fourth-order valence-electron chi connectivity index (χ4n) is 5.02. The number of hydrogen-bond donors (Lipinski definition) is 3. The van der Waals surface area contributed by atoms with Gasteiger partial charge in [-0.1, -0.05) is 19.3 Å². The van der Waals surface area contributed by atoms with Crippen molar-refractivity contribution in [2.75, 3.05) is 0 Å². The highest BCUT2D eigenvalue weighted by Crippen LogP contribution is 2.28. The van der Waals surface area contributed by atoms with E-state index in [1.165, 1.54) is 32.1 Å². The molecule has 0 spiro atoms. The lowest BCUT2D eigenvalue weighted by molar-refractivity contribution is -0.127. The number of nitrogens with two attached hydrogens (primary N) is 1. The Morgan fingerprint density at radius 2 is 1.31 bits per heavy atom. The number of amides is 2. The summed E-state index contributed by atoms with van der Waals surface area (Å²) in [5.74, 6) is 1.16. The standard InChI is InChI=1S/C21H37N3O2/c22-17-8-12-19(13-9-17)24-21(26)16-6-10-18(11-7-16)23-20(25)14-15-4-2-1-3-5-15/h15-19H,1-14,22H2,(H,23,25)(H,24,26). The summed E-state index contributed by atoms with van der Waals surface area (Å²) in [6.45, 7) is 0. The average Bonchev–Trinajstić information content (AvgIpc) is 2.65. The smallest absolute Gasteiger partial charge is 0.223 e. The van der Waals surface area contributed by atoms with E-state index in [9.17, 15) is 9.59 Å². The Kier molecular flexibility index (Phi) is 7.35. The van der Waals surface area contributed by atoms with Gasteiger partial charge in [-0.25, -0.2) is 0 Å².